The van der Waals surface area contributed by atoms with Crippen molar-refractivity contribution in [1.82, 2.24) is 4.90 Å². The number of nitrogens with zero attached hydrogens (tertiary/aromatic N) is 2. The van der Waals surface area contributed by atoms with Crippen LogP contribution in [0.2, 0.25) is 5.02 Å². The highest BCUT2D eigenvalue weighted by molar-refractivity contribution is 6.30. The van der Waals surface area contributed by atoms with Crippen molar-refractivity contribution in [2.75, 3.05) is 32.1 Å². The number of likely N-dealkylation sites (N-methyl/N-ethyl adjacent to an activating group) is 1. The van der Waals surface area contributed by atoms with E-state index in [9.17, 15) is 14.9 Å². The molecule has 8 heteroatoms. The molecule has 0 saturated carbocycles. The summed E-state index contributed by atoms with van der Waals surface area (Å²) in [7, 11) is 1.80. The van der Waals surface area contributed by atoms with Crippen LogP contribution in [0.3, 0.4) is 0 Å². The molecule has 0 aliphatic carbocycles. The summed E-state index contributed by atoms with van der Waals surface area (Å²) in [5.74, 6) is 0.460. The Morgan fingerprint density at radius 3 is 2.62 bits per heavy atom. The van der Waals surface area contributed by atoms with Crippen molar-refractivity contribution in [3.05, 3.63) is 63.2 Å². The van der Waals surface area contributed by atoms with Crippen LogP contribution in [-0.2, 0) is 4.79 Å². The number of hydrogen-bond donors (Lipinski definition) is 1. The Morgan fingerprint density at radius 1 is 1.27 bits per heavy atom. The third-order valence-corrected chi connectivity index (χ3v) is 4.00. The predicted molar refractivity (Wildman–Crippen MR) is 101 cm³/mol. The van der Waals surface area contributed by atoms with Crippen molar-refractivity contribution in [2.24, 2.45) is 0 Å². The second-order valence-corrected chi connectivity index (χ2v) is 6.23. The molecule has 0 saturated heterocycles. The Balaban J connectivity index is 1.81. The Morgan fingerprint density at radius 2 is 1.96 bits per heavy atom. The molecular weight excluding hydrogens is 358 g/mol. The van der Waals surface area contributed by atoms with Gasteiger partial charge in [-0.15, -0.1) is 0 Å². The first kappa shape index (κ1) is 19.7. The number of ether oxygens (including phenoxy) is 1. The summed E-state index contributed by atoms with van der Waals surface area (Å²) >= 11 is 5.81. The minimum absolute atomic E-state index is 0.0208. The number of nitro groups is 1. The monoisotopic (exact) mass is 377 g/mol. The molecule has 0 bridgehead atoms. The van der Waals surface area contributed by atoms with Gasteiger partial charge >= 0.3 is 0 Å². The fraction of sp³-hybridized carbons (Fsp3) is 0.278. The van der Waals surface area contributed by atoms with E-state index >= 15 is 0 Å². The smallest absolute Gasteiger partial charge is 0.274 e. The van der Waals surface area contributed by atoms with Gasteiger partial charge in [0.2, 0.25) is 5.91 Å². The molecule has 0 heterocycles. The number of anilines is 1. The van der Waals surface area contributed by atoms with Gasteiger partial charge in [0, 0.05) is 17.6 Å². The van der Waals surface area contributed by atoms with Crippen molar-refractivity contribution in [1.29, 1.82) is 0 Å². The maximum absolute atomic E-state index is 12.1. The summed E-state index contributed by atoms with van der Waals surface area (Å²) in [6.07, 6.45) is 0. The van der Waals surface area contributed by atoms with Crippen LogP contribution in [0.1, 0.15) is 5.56 Å². The molecule has 2 rings (SSSR count). The van der Waals surface area contributed by atoms with Crippen LogP contribution in [0.4, 0.5) is 11.4 Å². The van der Waals surface area contributed by atoms with E-state index in [0.29, 0.717) is 35.2 Å². The zero-order valence-corrected chi connectivity index (χ0v) is 15.3. The highest BCUT2D eigenvalue weighted by Gasteiger charge is 2.15. The molecule has 138 valence electrons. The molecule has 0 atom stereocenters. The average Bonchev–Trinajstić information content (AvgIpc) is 2.58. The van der Waals surface area contributed by atoms with E-state index in [1.807, 2.05) is 0 Å². The highest BCUT2D eigenvalue weighted by Crippen LogP contribution is 2.24. The second kappa shape index (κ2) is 9.17. The van der Waals surface area contributed by atoms with Crippen molar-refractivity contribution < 1.29 is 14.5 Å². The largest absolute Gasteiger partial charge is 0.492 e. The van der Waals surface area contributed by atoms with Gasteiger partial charge in [-0.05, 0) is 44.3 Å². The number of nitrogens with one attached hydrogen (secondary N) is 1. The van der Waals surface area contributed by atoms with E-state index in [-0.39, 0.29) is 18.1 Å². The zero-order valence-electron chi connectivity index (χ0n) is 14.6. The molecule has 26 heavy (non-hydrogen) atoms. The van der Waals surface area contributed by atoms with Crippen LogP contribution in [0.25, 0.3) is 0 Å². The molecule has 0 aromatic heterocycles. The molecule has 0 aliphatic rings. The number of halogens is 1. The van der Waals surface area contributed by atoms with Gasteiger partial charge in [0.15, 0.2) is 0 Å². The van der Waals surface area contributed by atoms with E-state index < -0.39 is 4.92 Å². The molecule has 2 aromatic rings. The third-order valence-electron chi connectivity index (χ3n) is 3.74. The number of nitro benzene ring substituents is 1. The lowest BCUT2D eigenvalue weighted by molar-refractivity contribution is -0.385. The van der Waals surface area contributed by atoms with Crippen LogP contribution in [0.15, 0.2) is 42.5 Å². The number of carbonyl (C=O) groups excluding carboxylic acids is 1. The Labute approximate surface area is 156 Å². The first-order valence-electron chi connectivity index (χ1n) is 7.97. The standard InChI is InChI=1S/C18H20ClN3O4/c1-13-16(4-3-5-17(13)22(24)25)20-18(23)12-21(2)10-11-26-15-8-6-14(19)7-9-15/h3-9H,10-12H2,1-2H3,(H,20,23). The second-order valence-electron chi connectivity index (χ2n) is 5.80. The minimum Gasteiger partial charge on any atom is -0.492 e. The summed E-state index contributed by atoms with van der Waals surface area (Å²) in [5.41, 5.74) is 0.849. The molecule has 1 amide bonds. The van der Waals surface area contributed by atoms with Crippen LogP contribution < -0.4 is 10.1 Å². The fourth-order valence-corrected chi connectivity index (χ4v) is 2.45. The molecule has 0 radical (unpaired) electrons. The Kier molecular flexibility index (Phi) is 6.94. The van der Waals surface area contributed by atoms with Crippen molar-refractivity contribution in [2.45, 2.75) is 6.92 Å². The maximum atomic E-state index is 12.1. The lowest BCUT2D eigenvalue weighted by Gasteiger charge is -2.17. The molecular formula is C18H20ClN3O4. The van der Waals surface area contributed by atoms with Gasteiger partial charge in [0.25, 0.3) is 5.69 Å². The summed E-state index contributed by atoms with van der Waals surface area (Å²) in [5, 5.41) is 14.3. The third kappa shape index (κ3) is 5.72. The highest BCUT2D eigenvalue weighted by atomic mass is 35.5. The van der Waals surface area contributed by atoms with E-state index in [1.54, 1.807) is 55.3 Å². The number of hydrogen-bond acceptors (Lipinski definition) is 5. The lowest BCUT2D eigenvalue weighted by Crippen LogP contribution is -2.33. The van der Waals surface area contributed by atoms with Gasteiger partial charge < -0.3 is 10.1 Å². The number of benzene rings is 2. The molecule has 1 N–H and O–H groups in total. The Bertz CT molecular complexity index is 781. The SMILES string of the molecule is Cc1c(NC(=O)CN(C)CCOc2ccc(Cl)cc2)cccc1[N+](=O)[O-]. The minimum atomic E-state index is -0.467. The zero-order chi connectivity index (χ0) is 19.1. The Hall–Kier alpha value is -2.64. The lowest BCUT2D eigenvalue weighted by atomic mass is 10.1. The van der Waals surface area contributed by atoms with Crippen molar-refractivity contribution in [3.8, 4) is 5.75 Å². The quantitative estimate of drug-likeness (QED) is 0.562. The maximum Gasteiger partial charge on any atom is 0.274 e. The molecule has 7 nitrogen and oxygen atoms in total. The number of amides is 1. The molecule has 0 aliphatic heterocycles. The van der Waals surface area contributed by atoms with Crippen LogP contribution in [0.5, 0.6) is 5.75 Å². The predicted octanol–water partition coefficient (Wildman–Crippen LogP) is 3.51. The molecule has 0 unspecified atom stereocenters. The average molecular weight is 378 g/mol. The van der Waals surface area contributed by atoms with Gasteiger partial charge in [0.1, 0.15) is 12.4 Å². The summed E-state index contributed by atoms with van der Waals surface area (Å²) in [4.78, 5) is 24.4. The fourth-order valence-electron chi connectivity index (χ4n) is 2.32. The summed E-state index contributed by atoms with van der Waals surface area (Å²) in [6.45, 7) is 2.72. The van der Waals surface area contributed by atoms with Gasteiger partial charge in [0.05, 0.1) is 22.7 Å². The van der Waals surface area contributed by atoms with E-state index in [4.69, 9.17) is 16.3 Å². The van der Waals surface area contributed by atoms with Gasteiger partial charge in [-0.2, -0.15) is 0 Å². The van der Waals surface area contributed by atoms with Crippen molar-refractivity contribution in [3.63, 3.8) is 0 Å². The van der Waals surface area contributed by atoms with E-state index in [1.165, 1.54) is 6.07 Å². The topological polar surface area (TPSA) is 84.7 Å². The van der Waals surface area contributed by atoms with Gasteiger partial charge in [-0.3, -0.25) is 19.8 Å². The first-order valence-corrected chi connectivity index (χ1v) is 8.35. The van der Waals surface area contributed by atoms with E-state index in [2.05, 4.69) is 5.32 Å². The first-order chi connectivity index (χ1) is 12.4. The van der Waals surface area contributed by atoms with Gasteiger partial charge in [-0.1, -0.05) is 17.7 Å². The normalized spacial score (nSPS) is 10.6. The van der Waals surface area contributed by atoms with E-state index in [0.717, 1.165) is 0 Å². The van der Waals surface area contributed by atoms with Crippen molar-refractivity contribution >= 4 is 28.9 Å². The number of rotatable bonds is 8. The summed E-state index contributed by atoms with van der Waals surface area (Å²) in [6, 6.07) is 11.6. The van der Waals surface area contributed by atoms with Crippen LogP contribution >= 0.6 is 11.6 Å². The molecule has 0 spiro atoms. The number of carbonyl (C=O) groups is 1. The molecule has 0 fully saturated rings. The van der Waals surface area contributed by atoms with Crippen LogP contribution in [-0.4, -0.2) is 42.5 Å². The summed E-state index contributed by atoms with van der Waals surface area (Å²) < 4.78 is 5.59. The van der Waals surface area contributed by atoms with Crippen LogP contribution in [0, 0.1) is 17.0 Å². The van der Waals surface area contributed by atoms with Gasteiger partial charge in [-0.25, -0.2) is 0 Å². The molecule has 2 aromatic carbocycles.